The highest BCUT2D eigenvalue weighted by Crippen LogP contribution is 2.41. The van der Waals surface area contributed by atoms with Crippen molar-refractivity contribution in [3.05, 3.63) is 84.2 Å². The maximum atomic E-state index is 6.34. The Balaban J connectivity index is 1.85. The molecule has 0 aliphatic carbocycles. The molecule has 5 aromatic rings. The zero-order chi connectivity index (χ0) is 20.9. The normalized spacial score (nSPS) is 12.0. The number of nitrogens with zero attached hydrogens (tertiary/aromatic N) is 2. The van der Waals surface area contributed by atoms with Gasteiger partial charge in [-0.2, -0.15) is 0 Å². The van der Waals surface area contributed by atoms with Crippen molar-refractivity contribution in [3.63, 3.8) is 0 Å². The zero-order valence-corrected chi connectivity index (χ0v) is 17.7. The van der Waals surface area contributed by atoms with Crippen LogP contribution in [0.15, 0.2) is 77.3 Å². The molecule has 0 radical (unpaired) electrons. The fraction of sp³-hybridized carbons (Fsp3) is 0.185. The maximum absolute atomic E-state index is 6.34. The molecule has 148 valence electrons. The Labute approximate surface area is 176 Å². The van der Waals surface area contributed by atoms with Crippen molar-refractivity contribution in [2.75, 3.05) is 0 Å². The molecule has 0 N–H and O–H groups in total. The Bertz CT molecular complexity index is 1380. The van der Waals surface area contributed by atoms with Gasteiger partial charge in [0.25, 0.3) is 0 Å². The lowest BCUT2D eigenvalue weighted by Crippen LogP contribution is -2.11. The lowest BCUT2D eigenvalue weighted by molar-refractivity contribution is 0.589. The summed E-state index contributed by atoms with van der Waals surface area (Å²) in [5.74, 6) is 0. The van der Waals surface area contributed by atoms with Gasteiger partial charge in [0.1, 0.15) is 5.58 Å². The first-order valence-corrected chi connectivity index (χ1v) is 10.3. The highest BCUT2D eigenvalue weighted by atomic mass is 16.3. The molecule has 5 rings (SSSR count). The largest absolute Gasteiger partial charge is 0.437 e. The Kier molecular flexibility index (Phi) is 4.21. The van der Waals surface area contributed by atoms with Gasteiger partial charge in [0, 0.05) is 33.8 Å². The highest BCUT2D eigenvalue weighted by molar-refractivity contribution is 6.15. The Morgan fingerprint density at radius 3 is 2.37 bits per heavy atom. The minimum atomic E-state index is 0.0535. The summed E-state index contributed by atoms with van der Waals surface area (Å²) in [5, 5.41) is 2.09. The first-order chi connectivity index (χ1) is 14.4. The van der Waals surface area contributed by atoms with Crippen LogP contribution in [-0.2, 0) is 5.41 Å². The van der Waals surface area contributed by atoms with Crippen LogP contribution in [0.5, 0.6) is 0 Å². The van der Waals surface area contributed by atoms with Crippen molar-refractivity contribution in [2.24, 2.45) is 0 Å². The lowest BCUT2D eigenvalue weighted by atomic mass is 9.86. The summed E-state index contributed by atoms with van der Waals surface area (Å²) in [5.41, 5.74) is 8.00. The number of furan rings is 1. The summed E-state index contributed by atoms with van der Waals surface area (Å²) in [7, 11) is 0. The van der Waals surface area contributed by atoms with Crippen molar-refractivity contribution < 1.29 is 4.42 Å². The topological polar surface area (TPSA) is 38.9 Å². The van der Waals surface area contributed by atoms with Crippen LogP contribution in [0.4, 0.5) is 0 Å². The molecule has 0 atom stereocenters. The summed E-state index contributed by atoms with van der Waals surface area (Å²) in [6.45, 7) is 8.65. The van der Waals surface area contributed by atoms with Crippen molar-refractivity contribution in [2.45, 2.75) is 33.1 Å². The van der Waals surface area contributed by atoms with Crippen molar-refractivity contribution in [3.8, 4) is 22.4 Å². The molecule has 0 bridgehead atoms. The van der Waals surface area contributed by atoms with E-state index in [4.69, 9.17) is 9.40 Å². The molecule has 30 heavy (non-hydrogen) atoms. The van der Waals surface area contributed by atoms with Gasteiger partial charge in [0.15, 0.2) is 0 Å². The van der Waals surface area contributed by atoms with Gasteiger partial charge in [-0.1, -0.05) is 57.2 Å². The molecule has 0 amide bonds. The first kappa shape index (κ1) is 18.6. The molecule has 2 aromatic carbocycles. The number of pyridine rings is 2. The average Bonchev–Trinajstić information content (AvgIpc) is 3.11. The zero-order valence-electron chi connectivity index (χ0n) is 17.7. The molecule has 0 spiro atoms. The molecule has 0 aliphatic heterocycles. The van der Waals surface area contributed by atoms with E-state index in [1.165, 1.54) is 5.56 Å². The molecular formula is C27H24N2O. The second-order valence-electron chi connectivity index (χ2n) is 8.82. The maximum Gasteiger partial charge on any atom is 0.227 e. The number of aryl methyl sites for hydroxylation is 1. The van der Waals surface area contributed by atoms with Crippen LogP contribution in [0.2, 0.25) is 0 Å². The SMILES string of the molecule is Cc1ccc2c(n1)oc1c(-c3ccccc3)ccc(-c3cc(C(C)(C)C)ccn3)c12. The number of rotatable bonds is 2. The third-order valence-electron chi connectivity index (χ3n) is 5.61. The molecule has 0 saturated heterocycles. The predicted octanol–water partition coefficient (Wildman–Crippen LogP) is 7.32. The minimum absolute atomic E-state index is 0.0535. The number of fused-ring (bicyclic) bond motifs is 3. The first-order valence-electron chi connectivity index (χ1n) is 10.3. The van der Waals surface area contributed by atoms with Gasteiger partial charge in [-0.25, -0.2) is 4.98 Å². The van der Waals surface area contributed by atoms with E-state index in [9.17, 15) is 0 Å². The standard InChI is InChI=1S/C27H24N2O/c1-17-10-11-22-24-21(23-16-19(14-15-28-23)27(2,3)4)13-12-20(18-8-6-5-7-9-18)25(24)30-26(22)29-17/h5-16H,1-4H3. The van der Waals surface area contributed by atoms with E-state index in [1.54, 1.807) is 0 Å². The summed E-state index contributed by atoms with van der Waals surface area (Å²) in [6.07, 6.45) is 1.90. The molecule has 0 fully saturated rings. The van der Waals surface area contributed by atoms with Gasteiger partial charge in [-0.05, 0) is 53.8 Å². The molecule has 0 aliphatic rings. The predicted molar refractivity (Wildman–Crippen MR) is 124 cm³/mol. The molecule has 3 aromatic heterocycles. The summed E-state index contributed by atoms with van der Waals surface area (Å²) < 4.78 is 6.34. The smallest absolute Gasteiger partial charge is 0.227 e. The molecule has 3 nitrogen and oxygen atoms in total. The third-order valence-corrected chi connectivity index (χ3v) is 5.61. The molecule has 0 unspecified atom stereocenters. The highest BCUT2D eigenvalue weighted by Gasteiger charge is 2.20. The molecular weight excluding hydrogens is 368 g/mol. The van der Waals surface area contributed by atoms with Crippen molar-refractivity contribution >= 4 is 22.1 Å². The number of aromatic nitrogens is 2. The monoisotopic (exact) mass is 392 g/mol. The fourth-order valence-electron chi connectivity index (χ4n) is 3.96. The summed E-state index contributed by atoms with van der Waals surface area (Å²) in [4.78, 5) is 9.37. The van der Waals surface area contributed by atoms with Crippen LogP contribution >= 0.6 is 0 Å². The quantitative estimate of drug-likeness (QED) is 0.316. The van der Waals surface area contributed by atoms with Crippen LogP contribution in [0.3, 0.4) is 0 Å². The average molecular weight is 393 g/mol. The van der Waals surface area contributed by atoms with Gasteiger partial charge in [0.05, 0.1) is 5.69 Å². The Morgan fingerprint density at radius 1 is 0.833 bits per heavy atom. The lowest BCUT2D eigenvalue weighted by Gasteiger charge is -2.19. The Morgan fingerprint density at radius 2 is 1.60 bits per heavy atom. The Hall–Kier alpha value is -3.46. The van der Waals surface area contributed by atoms with E-state index >= 15 is 0 Å². The van der Waals surface area contributed by atoms with E-state index in [-0.39, 0.29) is 5.41 Å². The van der Waals surface area contributed by atoms with Crippen molar-refractivity contribution in [1.82, 2.24) is 9.97 Å². The van der Waals surface area contributed by atoms with Crippen LogP contribution in [-0.4, -0.2) is 9.97 Å². The van der Waals surface area contributed by atoms with Gasteiger partial charge in [-0.3, -0.25) is 4.98 Å². The van der Waals surface area contributed by atoms with Crippen LogP contribution in [0, 0.1) is 6.92 Å². The van der Waals surface area contributed by atoms with E-state index in [1.807, 2.05) is 25.3 Å². The van der Waals surface area contributed by atoms with E-state index in [2.05, 4.69) is 80.4 Å². The molecule has 0 saturated carbocycles. The number of benzene rings is 2. The second kappa shape index (κ2) is 6.81. The van der Waals surface area contributed by atoms with Gasteiger partial charge >= 0.3 is 0 Å². The van der Waals surface area contributed by atoms with Crippen LogP contribution < -0.4 is 0 Å². The summed E-state index contributed by atoms with van der Waals surface area (Å²) >= 11 is 0. The van der Waals surface area contributed by atoms with Gasteiger partial charge in [0.2, 0.25) is 5.71 Å². The molecule has 3 heterocycles. The van der Waals surface area contributed by atoms with Crippen LogP contribution in [0.1, 0.15) is 32.0 Å². The van der Waals surface area contributed by atoms with E-state index < -0.39 is 0 Å². The van der Waals surface area contributed by atoms with E-state index in [0.29, 0.717) is 5.71 Å². The van der Waals surface area contributed by atoms with Gasteiger partial charge in [-0.15, -0.1) is 0 Å². The van der Waals surface area contributed by atoms with Crippen LogP contribution in [0.25, 0.3) is 44.5 Å². The molecule has 3 heteroatoms. The third kappa shape index (κ3) is 3.07. The van der Waals surface area contributed by atoms with E-state index in [0.717, 1.165) is 44.4 Å². The summed E-state index contributed by atoms with van der Waals surface area (Å²) in [6, 6.07) is 23.1. The number of hydrogen-bond acceptors (Lipinski definition) is 3. The van der Waals surface area contributed by atoms with Crippen molar-refractivity contribution in [1.29, 1.82) is 0 Å². The number of hydrogen-bond donors (Lipinski definition) is 0. The van der Waals surface area contributed by atoms with Gasteiger partial charge < -0.3 is 4.42 Å². The second-order valence-corrected chi connectivity index (χ2v) is 8.82. The fourth-order valence-corrected chi connectivity index (χ4v) is 3.96. The minimum Gasteiger partial charge on any atom is -0.437 e.